The molecule has 1 aromatic heterocycles. The monoisotopic (exact) mass is 292 g/mol. The predicted molar refractivity (Wildman–Crippen MR) is 75.9 cm³/mol. The number of carbonyl (C=O) groups excluding carboxylic acids is 2. The summed E-state index contributed by atoms with van der Waals surface area (Å²) in [6.45, 7) is 0. The van der Waals surface area contributed by atoms with Gasteiger partial charge in [-0.25, -0.2) is 0 Å². The van der Waals surface area contributed by atoms with Crippen molar-refractivity contribution in [2.45, 2.75) is 6.42 Å². The summed E-state index contributed by atoms with van der Waals surface area (Å²) in [5.41, 5.74) is 1.76. The number of likely N-dealkylation sites (N-methyl/N-ethyl adjacent to an activating group) is 1. The number of furan rings is 1. The quantitative estimate of drug-likeness (QED) is 0.909. The summed E-state index contributed by atoms with van der Waals surface area (Å²) in [4.78, 5) is 23.1. The first-order valence-corrected chi connectivity index (χ1v) is 6.32. The Bertz CT molecular complexity index is 620. The molecule has 104 valence electrons. The third kappa shape index (κ3) is 3.39. The Labute approximate surface area is 120 Å². The molecule has 1 aromatic carbocycles. The van der Waals surface area contributed by atoms with Crippen LogP contribution in [0.4, 0.5) is 5.69 Å². The highest BCUT2D eigenvalue weighted by Crippen LogP contribution is 2.18. The minimum atomic E-state index is -0.345. The van der Waals surface area contributed by atoms with E-state index in [1.54, 1.807) is 31.3 Å². The van der Waals surface area contributed by atoms with Crippen LogP contribution < -0.4 is 10.6 Å². The molecule has 0 aliphatic rings. The normalized spacial score (nSPS) is 10.1. The first-order valence-electron chi connectivity index (χ1n) is 5.94. The van der Waals surface area contributed by atoms with Crippen molar-refractivity contribution in [3.8, 4) is 0 Å². The molecular formula is C14H13ClN2O3. The summed E-state index contributed by atoms with van der Waals surface area (Å²) < 4.78 is 4.86. The number of hydrogen-bond acceptors (Lipinski definition) is 3. The van der Waals surface area contributed by atoms with Gasteiger partial charge < -0.3 is 15.1 Å². The fraction of sp³-hybridized carbons (Fsp3) is 0.143. The first kappa shape index (κ1) is 14.1. The van der Waals surface area contributed by atoms with Gasteiger partial charge in [-0.2, -0.15) is 0 Å². The molecular weight excluding hydrogens is 280 g/mol. The zero-order chi connectivity index (χ0) is 14.5. The van der Waals surface area contributed by atoms with Gasteiger partial charge in [-0.15, -0.1) is 0 Å². The fourth-order valence-corrected chi connectivity index (χ4v) is 1.83. The van der Waals surface area contributed by atoms with Crippen LogP contribution in [0.3, 0.4) is 0 Å². The summed E-state index contributed by atoms with van der Waals surface area (Å²) in [6.07, 6.45) is 1.65. The lowest BCUT2D eigenvalue weighted by atomic mass is 10.1. The van der Waals surface area contributed by atoms with Gasteiger partial charge in [0.1, 0.15) is 0 Å². The molecule has 2 amide bonds. The molecule has 0 aliphatic heterocycles. The zero-order valence-electron chi connectivity index (χ0n) is 10.8. The van der Waals surface area contributed by atoms with Crippen molar-refractivity contribution in [1.82, 2.24) is 5.32 Å². The van der Waals surface area contributed by atoms with Crippen molar-refractivity contribution in [2.24, 2.45) is 0 Å². The number of hydrogen-bond donors (Lipinski definition) is 2. The highest BCUT2D eigenvalue weighted by Gasteiger charge is 2.13. The molecule has 0 fully saturated rings. The van der Waals surface area contributed by atoms with Crippen molar-refractivity contribution >= 4 is 29.1 Å². The Morgan fingerprint density at radius 3 is 2.45 bits per heavy atom. The Kier molecular flexibility index (Phi) is 4.42. The molecule has 6 heteroatoms. The topological polar surface area (TPSA) is 71.3 Å². The van der Waals surface area contributed by atoms with Crippen molar-refractivity contribution < 1.29 is 14.0 Å². The standard InChI is InChI=1S/C14H13ClN2O3/c1-16-12(18)8-9-2-4-10(5-3-9)17-14(19)11-6-7-20-13(11)15/h2-7H,8H2,1H3,(H,16,18)(H,17,19). The number of carbonyl (C=O) groups is 2. The van der Waals surface area contributed by atoms with Crippen LogP contribution in [0.5, 0.6) is 0 Å². The van der Waals surface area contributed by atoms with Crippen molar-refractivity contribution in [1.29, 1.82) is 0 Å². The third-order valence-corrected chi connectivity index (χ3v) is 3.01. The molecule has 20 heavy (non-hydrogen) atoms. The number of halogens is 1. The van der Waals surface area contributed by atoms with E-state index in [9.17, 15) is 9.59 Å². The van der Waals surface area contributed by atoms with Crippen LogP contribution in [0.25, 0.3) is 0 Å². The minimum absolute atomic E-state index is 0.0544. The molecule has 2 aromatic rings. The fourth-order valence-electron chi connectivity index (χ4n) is 1.63. The van der Waals surface area contributed by atoms with E-state index < -0.39 is 0 Å². The Hall–Kier alpha value is -2.27. The van der Waals surface area contributed by atoms with Gasteiger partial charge in [-0.1, -0.05) is 12.1 Å². The van der Waals surface area contributed by atoms with Gasteiger partial charge in [-0.05, 0) is 35.4 Å². The second-order valence-corrected chi connectivity index (χ2v) is 4.45. The van der Waals surface area contributed by atoms with Crippen LogP contribution in [0.1, 0.15) is 15.9 Å². The van der Waals surface area contributed by atoms with Crippen LogP contribution in [-0.2, 0) is 11.2 Å². The van der Waals surface area contributed by atoms with Crippen molar-refractivity contribution in [3.05, 3.63) is 52.9 Å². The van der Waals surface area contributed by atoms with Gasteiger partial charge in [-0.3, -0.25) is 9.59 Å². The van der Waals surface area contributed by atoms with E-state index in [1.807, 2.05) is 0 Å². The van der Waals surface area contributed by atoms with Crippen LogP contribution in [0.2, 0.25) is 5.22 Å². The molecule has 0 saturated carbocycles. The smallest absolute Gasteiger partial charge is 0.260 e. The number of amides is 2. The number of nitrogens with one attached hydrogen (secondary N) is 2. The Morgan fingerprint density at radius 1 is 1.20 bits per heavy atom. The molecule has 0 unspecified atom stereocenters. The van der Waals surface area contributed by atoms with Crippen LogP contribution in [0, 0.1) is 0 Å². The van der Waals surface area contributed by atoms with E-state index in [2.05, 4.69) is 10.6 Å². The van der Waals surface area contributed by atoms with Crippen molar-refractivity contribution in [2.75, 3.05) is 12.4 Å². The maximum absolute atomic E-state index is 11.9. The number of benzene rings is 1. The summed E-state index contributed by atoms with van der Waals surface area (Å²) in [7, 11) is 1.59. The number of rotatable bonds is 4. The number of anilines is 1. The largest absolute Gasteiger partial charge is 0.452 e. The molecule has 2 N–H and O–H groups in total. The van der Waals surface area contributed by atoms with E-state index in [0.29, 0.717) is 12.1 Å². The van der Waals surface area contributed by atoms with E-state index in [-0.39, 0.29) is 22.6 Å². The third-order valence-electron chi connectivity index (χ3n) is 2.72. The molecule has 1 heterocycles. The van der Waals surface area contributed by atoms with Crippen LogP contribution in [-0.4, -0.2) is 18.9 Å². The second kappa shape index (κ2) is 6.25. The zero-order valence-corrected chi connectivity index (χ0v) is 11.5. The highest BCUT2D eigenvalue weighted by atomic mass is 35.5. The average molecular weight is 293 g/mol. The van der Waals surface area contributed by atoms with Crippen LogP contribution in [0.15, 0.2) is 41.0 Å². The summed E-state index contributed by atoms with van der Waals surface area (Å²) in [5.74, 6) is -0.408. The van der Waals surface area contributed by atoms with E-state index in [0.717, 1.165) is 5.56 Å². The van der Waals surface area contributed by atoms with Gasteiger partial charge in [0.05, 0.1) is 18.2 Å². The van der Waals surface area contributed by atoms with Crippen LogP contribution >= 0.6 is 11.6 Å². The molecule has 5 nitrogen and oxygen atoms in total. The maximum atomic E-state index is 11.9. The average Bonchev–Trinajstić information content (AvgIpc) is 2.87. The Balaban J connectivity index is 2.02. The SMILES string of the molecule is CNC(=O)Cc1ccc(NC(=O)c2ccoc2Cl)cc1. The molecule has 0 bridgehead atoms. The summed E-state index contributed by atoms with van der Waals surface area (Å²) in [6, 6.07) is 8.51. The maximum Gasteiger partial charge on any atom is 0.260 e. The molecule has 0 radical (unpaired) electrons. The van der Waals surface area contributed by atoms with Crippen molar-refractivity contribution in [3.63, 3.8) is 0 Å². The predicted octanol–water partition coefficient (Wildman–Crippen LogP) is 2.47. The molecule has 0 aliphatic carbocycles. The van der Waals surface area contributed by atoms with Gasteiger partial charge in [0, 0.05) is 12.7 Å². The summed E-state index contributed by atoms with van der Waals surface area (Å²) in [5, 5.41) is 5.30. The lowest BCUT2D eigenvalue weighted by Crippen LogP contribution is -2.19. The Morgan fingerprint density at radius 2 is 1.90 bits per heavy atom. The lowest BCUT2D eigenvalue weighted by molar-refractivity contribution is -0.119. The molecule has 2 rings (SSSR count). The molecule has 0 saturated heterocycles. The van der Waals surface area contributed by atoms with E-state index in [1.165, 1.54) is 12.3 Å². The van der Waals surface area contributed by atoms with E-state index in [4.69, 9.17) is 16.0 Å². The lowest BCUT2D eigenvalue weighted by Gasteiger charge is -2.05. The minimum Gasteiger partial charge on any atom is -0.452 e. The molecule has 0 atom stereocenters. The van der Waals surface area contributed by atoms with Gasteiger partial charge in [0.25, 0.3) is 5.91 Å². The molecule has 0 spiro atoms. The second-order valence-electron chi connectivity index (χ2n) is 4.11. The highest BCUT2D eigenvalue weighted by molar-refractivity contribution is 6.32. The first-order chi connectivity index (χ1) is 9.60. The van der Waals surface area contributed by atoms with Gasteiger partial charge >= 0.3 is 0 Å². The van der Waals surface area contributed by atoms with E-state index >= 15 is 0 Å². The van der Waals surface area contributed by atoms with Gasteiger partial charge in [0.15, 0.2) is 0 Å². The van der Waals surface area contributed by atoms with Gasteiger partial charge in [0.2, 0.25) is 11.1 Å². The summed E-state index contributed by atoms with van der Waals surface area (Å²) >= 11 is 5.73.